The number of carbonyl (C=O) groups is 1. The Hall–Kier alpha value is -4.26. The third kappa shape index (κ3) is 4.73. The first-order valence-electron chi connectivity index (χ1n) is 10.7. The molecule has 4 rings (SSSR count). The Morgan fingerprint density at radius 3 is 2.44 bits per heavy atom. The Morgan fingerprint density at radius 1 is 0.971 bits per heavy atom. The fraction of sp³-hybridized carbons (Fsp3) is 0.185. The van der Waals surface area contributed by atoms with Gasteiger partial charge in [0.05, 0.1) is 27.6 Å². The van der Waals surface area contributed by atoms with Crippen molar-refractivity contribution in [2.24, 2.45) is 0 Å². The molecule has 7 heteroatoms. The van der Waals surface area contributed by atoms with E-state index in [4.69, 9.17) is 18.6 Å². The molecule has 0 spiro atoms. The van der Waals surface area contributed by atoms with Crippen molar-refractivity contribution in [1.82, 2.24) is 10.3 Å². The van der Waals surface area contributed by atoms with Crippen molar-refractivity contribution in [2.45, 2.75) is 13.5 Å². The van der Waals surface area contributed by atoms with Gasteiger partial charge in [0.15, 0.2) is 0 Å². The summed E-state index contributed by atoms with van der Waals surface area (Å²) in [5, 5.41) is 3.77. The van der Waals surface area contributed by atoms with Crippen LogP contribution in [0, 0.1) is 0 Å². The maximum atomic E-state index is 12.6. The van der Waals surface area contributed by atoms with Gasteiger partial charge in [-0.2, -0.15) is 0 Å². The predicted molar refractivity (Wildman–Crippen MR) is 131 cm³/mol. The van der Waals surface area contributed by atoms with Gasteiger partial charge in [-0.1, -0.05) is 0 Å². The number of pyridine rings is 1. The normalized spacial score (nSPS) is 11.4. The van der Waals surface area contributed by atoms with Crippen LogP contribution in [0.5, 0.6) is 17.2 Å². The molecule has 1 N–H and O–H groups in total. The second-order valence-electron chi connectivity index (χ2n) is 7.66. The first-order valence-corrected chi connectivity index (χ1v) is 10.7. The fourth-order valence-electron chi connectivity index (χ4n) is 3.78. The van der Waals surface area contributed by atoms with E-state index in [2.05, 4.69) is 10.3 Å². The molecule has 0 radical (unpaired) electrons. The number of nitrogens with one attached hydrogen (secondary N) is 1. The van der Waals surface area contributed by atoms with E-state index in [0.29, 0.717) is 29.4 Å². The first-order chi connectivity index (χ1) is 16.5. The van der Waals surface area contributed by atoms with Crippen LogP contribution < -0.4 is 19.5 Å². The summed E-state index contributed by atoms with van der Waals surface area (Å²) in [6.45, 7) is 2.30. The van der Waals surface area contributed by atoms with Crippen LogP contribution in [0.15, 0.2) is 71.6 Å². The monoisotopic (exact) mass is 458 g/mol. The van der Waals surface area contributed by atoms with Gasteiger partial charge in [-0.05, 0) is 54.5 Å². The van der Waals surface area contributed by atoms with E-state index >= 15 is 0 Å². The van der Waals surface area contributed by atoms with Crippen LogP contribution in [-0.2, 0) is 11.3 Å². The van der Waals surface area contributed by atoms with Gasteiger partial charge in [-0.3, -0.25) is 9.78 Å². The van der Waals surface area contributed by atoms with Crippen LogP contribution >= 0.6 is 0 Å². The Kier molecular flexibility index (Phi) is 6.82. The maximum absolute atomic E-state index is 12.6. The average molecular weight is 459 g/mol. The van der Waals surface area contributed by atoms with E-state index in [1.807, 2.05) is 49.4 Å². The van der Waals surface area contributed by atoms with Crippen LogP contribution in [0.4, 0.5) is 0 Å². The van der Waals surface area contributed by atoms with E-state index in [1.54, 1.807) is 46.1 Å². The summed E-state index contributed by atoms with van der Waals surface area (Å²) >= 11 is 0. The van der Waals surface area contributed by atoms with Gasteiger partial charge in [-0.25, -0.2) is 0 Å². The molecule has 0 aliphatic carbocycles. The molecule has 7 nitrogen and oxygen atoms in total. The van der Waals surface area contributed by atoms with E-state index in [1.165, 1.54) is 0 Å². The smallest absolute Gasteiger partial charge is 0.244 e. The van der Waals surface area contributed by atoms with Crippen molar-refractivity contribution in [1.29, 1.82) is 0 Å². The van der Waals surface area contributed by atoms with Gasteiger partial charge in [0.1, 0.15) is 22.8 Å². The largest absolute Gasteiger partial charge is 0.497 e. The van der Waals surface area contributed by atoms with E-state index in [9.17, 15) is 4.79 Å². The van der Waals surface area contributed by atoms with Gasteiger partial charge in [-0.15, -0.1) is 0 Å². The molecule has 0 aliphatic rings. The Labute approximate surface area is 198 Å². The predicted octanol–water partition coefficient (Wildman–Crippen LogP) is 5.24. The van der Waals surface area contributed by atoms with E-state index in [-0.39, 0.29) is 5.91 Å². The van der Waals surface area contributed by atoms with Gasteiger partial charge < -0.3 is 23.9 Å². The van der Waals surface area contributed by atoms with Crippen molar-refractivity contribution in [3.8, 4) is 28.4 Å². The highest BCUT2D eigenvalue weighted by molar-refractivity contribution is 6.01. The molecule has 0 atom stereocenters. The molecule has 0 saturated carbocycles. The van der Waals surface area contributed by atoms with Gasteiger partial charge in [0, 0.05) is 53.2 Å². The topological polar surface area (TPSA) is 82.8 Å². The van der Waals surface area contributed by atoms with Crippen LogP contribution in [0.2, 0.25) is 0 Å². The van der Waals surface area contributed by atoms with Crippen LogP contribution in [0.3, 0.4) is 0 Å². The number of amides is 1. The lowest BCUT2D eigenvalue weighted by Gasteiger charge is -2.12. The number of fused-ring (bicyclic) bond motifs is 1. The summed E-state index contributed by atoms with van der Waals surface area (Å²) in [5.41, 5.74) is 4.88. The number of methoxy groups -OCH3 is 3. The Morgan fingerprint density at radius 2 is 1.74 bits per heavy atom. The van der Waals surface area contributed by atoms with E-state index < -0.39 is 0 Å². The number of hydrogen-bond donors (Lipinski definition) is 1. The highest BCUT2D eigenvalue weighted by Crippen LogP contribution is 2.41. The zero-order chi connectivity index (χ0) is 24.1. The molecule has 2 heterocycles. The van der Waals surface area contributed by atoms with Crippen LogP contribution in [0.25, 0.3) is 27.7 Å². The molecule has 2 aromatic heterocycles. The Bertz CT molecular complexity index is 1340. The molecule has 0 aliphatic heterocycles. The lowest BCUT2D eigenvalue weighted by atomic mass is 9.98. The molecule has 0 unspecified atom stereocenters. The molecule has 174 valence electrons. The summed E-state index contributed by atoms with van der Waals surface area (Å²) in [5.74, 6) is 1.82. The number of furan rings is 1. The van der Waals surface area contributed by atoms with Gasteiger partial charge >= 0.3 is 0 Å². The molecule has 1 amide bonds. The van der Waals surface area contributed by atoms with Gasteiger partial charge in [0.25, 0.3) is 0 Å². The van der Waals surface area contributed by atoms with Crippen molar-refractivity contribution in [3.63, 3.8) is 0 Å². The second-order valence-corrected chi connectivity index (χ2v) is 7.66. The third-order valence-electron chi connectivity index (χ3n) is 5.58. The van der Waals surface area contributed by atoms with Crippen LogP contribution in [0.1, 0.15) is 18.1 Å². The third-order valence-corrected chi connectivity index (χ3v) is 5.58. The summed E-state index contributed by atoms with van der Waals surface area (Å²) in [6.07, 6.45) is 6.65. The number of aromatic nitrogens is 1. The van der Waals surface area contributed by atoms with E-state index in [0.717, 1.165) is 33.2 Å². The quantitative estimate of drug-likeness (QED) is 0.364. The summed E-state index contributed by atoms with van der Waals surface area (Å²) in [7, 11) is 4.84. The number of hydrogen-bond acceptors (Lipinski definition) is 6. The number of benzene rings is 2. The van der Waals surface area contributed by atoms with Crippen molar-refractivity contribution < 1.29 is 23.4 Å². The average Bonchev–Trinajstić information content (AvgIpc) is 3.29. The second kappa shape index (κ2) is 10.1. The number of rotatable bonds is 8. The lowest BCUT2D eigenvalue weighted by molar-refractivity contribution is -0.116. The van der Waals surface area contributed by atoms with Crippen molar-refractivity contribution >= 4 is 22.4 Å². The molecule has 0 saturated heterocycles. The highest BCUT2D eigenvalue weighted by Gasteiger charge is 2.18. The zero-order valence-electron chi connectivity index (χ0n) is 19.5. The minimum absolute atomic E-state index is 0.196. The molecule has 2 aromatic carbocycles. The summed E-state index contributed by atoms with van der Waals surface area (Å²) < 4.78 is 22.4. The summed E-state index contributed by atoms with van der Waals surface area (Å²) in [4.78, 5) is 16.6. The molecule has 34 heavy (non-hydrogen) atoms. The lowest BCUT2D eigenvalue weighted by Crippen LogP contribution is -2.20. The molecule has 0 bridgehead atoms. The molecule has 4 aromatic rings. The van der Waals surface area contributed by atoms with Gasteiger partial charge in [0.2, 0.25) is 5.91 Å². The highest BCUT2D eigenvalue weighted by atomic mass is 16.5. The standard InChI is InChI=1S/C27H26N2O5/c1-17(11-27(30)29-15-18-7-9-28-10-8-18)20-13-22-23(16-34-26(22)14-25(20)33-4)21-12-19(31-2)5-6-24(21)32-3/h5-14,16H,15H2,1-4H3,(H,29,30)/b17-11+. The summed E-state index contributed by atoms with van der Waals surface area (Å²) in [6, 6.07) is 13.1. The van der Waals surface area contributed by atoms with Crippen molar-refractivity contribution in [2.75, 3.05) is 21.3 Å². The first kappa shape index (κ1) is 22.9. The Balaban J connectivity index is 1.70. The minimum Gasteiger partial charge on any atom is -0.497 e. The number of carbonyl (C=O) groups excluding carboxylic acids is 1. The number of allylic oxidation sites excluding steroid dienone is 1. The molecule has 0 fully saturated rings. The fourth-order valence-corrected chi connectivity index (χ4v) is 3.78. The van der Waals surface area contributed by atoms with Crippen molar-refractivity contribution in [3.05, 3.63) is 78.3 Å². The van der Waals surface area contributed by atoms with Crippen LogP contribution in [-0.4, -0.2) is 32.2 Å². The minimum atomic E-state index is -0.196. The zero-order valence-corrected chi connectivity index (χ0v) is 19.5. The molecular formula is C27H26N2O5. The maximum Gasteiger partial charge on any atom is 0.244 e. The molecular weight excluding hydrogens is 432 g/mol. The SMILES string of the molecule is COc1ccc(OC)c(-c2coc3cc(OC)c(/C(C)=C/C(=O)NCc4ccncc4)cc23)c1. The number of nitrogens with zero attached hydrogens (tertiary/aromatic N) is 1. The number of ether oxygens (including phenoxy) is 3.